The van der Waals surface area contributed by atoms with Crippen molar-refractivity contribution in [3.8, 4) is 5.75 Å². The van der Waals surface area contributed by atoms with E-state index in [2.05, 4.69) is 17.1 Å². The SMILES string of the molecule is CC(CC(=O)N1CCN(CCOc2ccccc2Cl)CC1)C1CCCNC1. The van der Waals surface area contributed by atoms with E-state index in [0.717, 1.165) is 51.6 Å². The Morgan fingerprint density at radius 3 is 2.78 bits per heavy atom. The fourth-order valence-electron chi connectivity index (χ4n) is 4.00. The highest BCUT2D eigenvalue weighted by molar-refractivity contribution is 6.32. The van der Waals surface area contributed by atoms with Gasteiger partial charge < -0.3 is 15.0 Å². The van der Waals surface area contributed by atoms with Crippen LogP contribution in [0.1, 0.15) is 26.2 Å². The van der Waals surface area contributed by atoms with Crippen molar-refractivity contribution in [2.24, 2.45) is 11.8 Å². The van der Waals surface area contributed by atoms with Gasteiger partial charge in [0.25, 0.3) is 0 Å². The maximum absolute atomic E-state index is 12.6. The quantitative estimate of drug-likeness (QED) is 0.773. The number of ether oxygens (including phenoxy) is 1. The number of carbonyl (C=O) groups excluding carboxylic acids is 1. The first-order chi connectivity index (χ1) is 13.1. The summed E-state index contributed by atoms with van der Waals surface area (Å²) in [6.07, 6.45) is 3.17. The number of piperazine rings is 1. The van der Waals surface area contributed by atoms with E-state index in [1.54, 1.807) is 0 Å². The van der Waals surface area contributed by atoms with Crippen molar-refractivity contribution < 1.29 is 9.53 Å². The average molecular weight is 394 g/mol. The highest BCUT2D eigenvalue weighted by Crippen LogP contribution is 2.24. The molecule has 0 radical (unpaired) electrons. The van der Waals surface area contributed by atoms with Crippen molar-refractivity contribution in [1.82, 2.24) is 15.1 Å². The fraction of sp³-hybridized carbons (Fsp3) is 0.667. The number of hydrogen-bond donors (Lipinski definition) is 1. The Hall–Kier alpha value is -1.30. The van der Waals surface area contributed by atoms with Gasteiger partial charge in [-0.15, -0.1) is 0 Å². The maximum Gasteiger partial charge on any atom is 0.222 e. The third kappa shape index (κ3) is 6.09. The number of amides is 1. The van der Waals surface area contributed by atoms with Crippen LogP contribution >= 0.6 is 11.6 Å². The smallest absolute Gasteiger partial charge is 0.222 e. The molecule has 0 bridgehead atoms. The molecular weight excluding hydrogens is 362 g/mol. The number of benzene rings is 1. The second kappa shape index (κ2) is 10.3. The molecule has 0 aliphatic carbocycles. The maximum atomic E-state index is 12.6. The molecule has 1 N–H and O–H groups in total. The van der Waals surface area contributed by atoms with Gasteiger partial charge in [-0.05, 0) is 49.9 Å². The lowest BCUT2D eigenvalue weighted by Gasteiger charge is -2.36. The highest BCUT2D eigenvalue weighted by Gasteiger charge is 2.26. The molecule has 27 heavy (non-hydrogen) atoms. The van der Waals surface area contributed by atoms with Gasteiger partial charge in [-0.1, -0.05) is 30.7 Å². The molecule has 5 nitrogen and oxygen atoms in total. The molecule has 0 spiro atoms. The van der Waals surface area contributed by atoms with E-state index >= 15 is 0 Å². The van der Waals surface area contributed by atoms with Gasteiger partial charge in [-0.2, -0.15) is 0 Å². The lowest BCUT2D eigenvalue weighted by Crippen LogP contribution is -2.50. The van der Waals surface area contributed by atoms with Crippen molar-refractivity contribution in [3.05, 3.63) is 29.3 Å². The molecule has 1 aromatic rings. The molecule has 2 aliphatic heterocycles. The van der Waals surface area contributed by atoms with E-state index in [1.165, 1.54) is 12.8 Å². The third-order valence-corrected chi connectivity index (χ3v) is 6.18. The molecular formula is C21H32ClN3O2. The number of nitrogens with zero attached hydrogens (tertiary/aromatic N) is 2. The first kappa shape index (κ1) is 20.4. The van der Waals surface area contributed by atoms with Crippen LogP contribution in [0.25, 0.3) is 0 Å². The van der Waals surface area contributed by atoms with Crippen molar-refractivity contribution in [1.29, 1.82) is 0 Å². The first-order valence-electron chi connectivity index (χ1n) is 10.2. The molecule has 1 aromatic carbocycles. The van der Waals surface area contributed by atoms with Gasteiger partial charge in [0, 0.05) is 39.1 Å². The minimum Gasteiger partial charge on any atom is -0.491 e. The van der Waals surface area contributed by atoms with Gasteiger partial charge in [0.05, 0.1) is 5.02 Å². The Labute approximate surface area is 168 Å². The van der Waals surface area contributed by atoms with Crippen molar-refractivity contribution in [3.63, 3.8) is 0 Å². The number of halogens is 1. The normalized spacial score (nSPS) is 22.4. The van der Waals surface area contributed by atoms with Crippen molar-refractivity contribution >= 4 is 17.5 Å². The number of nitrogens with one attached hydrogen (secondary N) is 1. The largest absolute Gasteiger partial charge is 0.491 e. The van der Waals surface area contributed by atoms with Gasteiger partial charge in [0.15, 0.2) is 0 Å². The van der Waals surface area contributed by atoms with E-state index in [0.29, 0.717) is 35.8 Å². The number of hydrogen-bond acceptors (Lipinski definition) is 4. The molecule has 2 fully saturated rings. The number of rotatable bonds is 7. The minimum atomic E-state index is 0.319. The molecule has 2 aliphatic rings. The first-order valence-corrected chi connectivity index (χ1v) is 10.6. The molecule has 3 rings (SSSR count). The predicted octanol–water partition coefficient (Wildman–Crippen LogP) is 2.89. The van der Waals surface area contributed by atoms with E-state index in [4.69, 9.17) is 16.3 Å². The highest BCUT2D eigenvalue weighted by atomic mass is 35.5. The number of piperidine rings is 1. The van der Waals surface area contributed by atoms with Crippen LogP contribution in [-0.4, -0.2) is 68.1 Å². The number of carbonyl (C=O) groups is 1. The summed E-state index contributed by atoms with van der Waals surface area (Å²) in [5.41, 5.74) is 0. The second-order valence-corrected chi connectivity index (χ2v) is 8.20. The summed E-state index contributed by atoms with van der Waals surface area (Å²) < 4.78 is 5.77. The molecule has 2 atom stereocenters. The summed E-state index contributed by atoms with van der Waals surface area (Å²) in [6, 6.07) is 7.56. The monoisotopic (exact) mass is 393 g/mol. The van der Waals surface area contributed by atoms with E-state index in [-0.39, 0.29) is 0 Å². The molecule has 1 amide bonds. The van der Waals surface area contributed by atoms with Crippen LogP contribution in [-0.2, 0) is 4.79 Å². The minimum absolute atomic E-state index is 0.319. The molecule has 2 heterocycles. The van der Waals surface area contributed by atoms with Gasteiger partial charge in [-0.3, -0.25) is 9.69 Å². The van der Waals surface area contributed by atoms with Crippen LogP contribution in [0.15, 0.2) is 24.3 Å². The Morgan fingerprint density at radius 2 is 2.07 bits per heavy atom. The second-order valence-electron chi connectivity index (χ2n) is 7.79. The van der Waals surface area contributed by atoms with Crippen LogP contribution in [0.4, 0.5) is 0 Å². The topological polar surface area (TPSA) is 44.8 Å². The van der Waals surface area contributed by atoms with Crippen molar-refractivity contribution in [2.45, 2.75) is 26.2 Å². The zero-order valence-corrected chi connectivity index (χ0v) is 17.1. The summed E-state index contributed by atoms with van der Waals surface area (Å²) in [5, 5.41) is 4.11. The van der Waals surface area contributed by atoms with Crippen LogP contribution in [0.2, 0.25) is 5.02 Å². The summed E-state index contributed by atoms with van der Waals surface area (Å²) in [5.74, 6) is 2.16. The van der Waals surface area contributed by atoms with Crippen LogP contribution < -0.4 is 10.1 Å². The Balaban J connectivity index is 1.34. The Kier molecular flexibility index (Phi) is 7.80. The third-order valence-electron chi connectivity index (χ3n) is 5.86. The molecule has 6 heteroatoms. The van der Waals surface area contributed by atoms with Gasteiger partial charge in [0.2, 0.25) is 5.91 Å². The van der Waals surface area contributed by atoms with Crippen molar-refractivity contribution in [2.75, 3.05) is 52.4 Å². The zero-order valence-electron chi connectivity index (χ0n) is 16.3. The Bertz CT molecular complexity index is 599. The lowest BCUT2D eigenvalue weighted by molar-refractivity contribution is -0.134. The molecule has 0 saturated carbocycles. The summed E-state index contributed by atoms with van der Waals surface area (Å²) in [4.78, 5) is 17.0. The summed E-state index contributed by atoms with van der Waals surface area (Å²) in [7, 11) is 0. The van der Waals surface area contributed by atoms with E-state index in [1.807, 2.05) is 29.2 Å². The van der Waals surface area contributed by atoms with E-state index in [9.17, 15) is 4.79 Å². The van der Waals surface area contributed by atoms with Crippen LogP contribution in [0, 0.1) is 11.8 Å². The summed E-state index contributed by atoms with van der Waals surface area (Å²) in [6.45, 7) is 9.36. The van der Waals surface area contributed by atoms with Crippen LogP contribution in [0.5, 0.6) is 5.75 Å². The predicted molar refractivity (Wildman–Crippen MR) is 109 cm³/mol. The number of para-hydroxylation sites is 1. The van der Waals surface area contributed by atoms with Gasteiger partial charge in [-0.25, -0.2) is 0 Å². The molecule has 2 saturated heterocycles. The zero-order chi connectivity index (χ0) is 19.1. The van der Waals surface area contributed by atoms with E-state index < -0.39 is 0 Å². The fourth-order valence-corrected chi connectivity index (χ4v) is 4.19. The van der Waals surface area contributed by atoms with Gasteiger partial charge in [0.1, 0.15) is 12.4 Å². The van der Waals surface area contributed by atoms with Gasteiger partial charge >= 0.3 is 0 Å². The standard InChI is InChI=1S/C21H32ClN3O2/c1-17(18-5-4-8-23-16-18)15-21(26)25-11-9-24(10-12-25)13-14-27-20-7-3-2-6-19(20)22/h2-3,6-7,17-18,23H,4-5,8-16H2,1H3. The Morgan fingerprint density at radius 1 is 1.30 bits per heavy atom. The summed E-state index contributed by atoms with van der Waals surface area (Å²) >= 11 is 6.11. The molecule has 0 aromatic heterocycles. The average Bonchev–Trinajstić information content (AvgIpc) is 2.70. The van der Waals surface area contributed by atoms with Crippen LogP contribution in [0.3, 0.4) is 0 Å². The molecule has 150 valence electrons. The molecule has 2 unspecified atom stereocenters. The lowest BCUT2D eigenvalue weighted by atomic mass is 9.85.